The number of nitro benzene ring substituents is 1. The largest absolute Gasteiger partial charge is 0.496 e. The van der Waals surface area contributed by atoms with Gasteiger partial charge in [-0.25, -0.2) is 4.79 Å². The Bertz CT molecular complexity index is 1670. The lowest BCUT2D eigenvalue weighted by Crippen LogP contribution is -2.48. The molecule has 2 unspecified atom stereocenters. The molecule has 1 amide bonds. The van der Waals surface area contributed by atoms with Crippen LogP contribution in [0.3, 0.4) is 0 Å². The third-order valence-corrected chi connectivity index (χ3v) is 7.96. The van der Waals surface area contributed by atoms with Gasteiger partial charge in [-0.05, 0) is 74.0 Å². The van der Waals surface area contributed by atoms with Gasteiger partial charge >= 0.3 is 11.8 Å². The molecule has 1 aliphatic rings. The molecule has 1 aliphatic heterocycles. The van der Waals surface area contributed by atoms with Crippen LogP contribution in [-0.4, -0.2) is 61.0 Å². The summed E-state index contributed by atoms with van der Waals surface area (Å²) in [5.74, 6) is 1.81. The van der Waals surface area contributed by atoms with Crippen LogP contribution in [0.4, 0.5) is 10.5 Å². The van der Waals surface area contributed by atoms with E-state index in [1.807, 2.05) is 69.3 Å². The minimum absolute atomic E-state index is 0.0554. The zero-order valence-corrected chi connectivity index (χ0v) is 27.3. The fourth-order valence-corrected chi connectivity index (χ4v) is 5.72. The van der Waals surface area contributed by atoms with Crippen LogP contribution in [0.25, 0.3) is 10.8 Å². The molecule has 1 saturated heterocycles. The van der Waals surface area contributed by atoms with E-state index in [1.54, 1.807) is 30.2 Å². The van der Waals surface area contributed by atoms with E-state index in [2.05, 4.69) is 12.1 Å². The molecule has 248 valence electrons. The van der Waals surface area contributed by atoms with E-state index in [-0.39, 0.29) is 29.6 Å². The van der Waals surface area contributed by atoms with Crippen molar-refractivity contribution in [3.8, 4) is 17.2 Å². The number of hydrogen-bond donors (Lipinski definition) is 0. The fraction of sp³-hybridized carbons (Fsp3) is 0.378. The van der Waals surface area contributed by atoms with Gasteiger partial charge in [0.25, 0.3) is 0 Å². The Labute approximate surface area is 275 Å². The molecule has 0 saturated carbocycles. The summed E-state index contributed by atoms with van der Waals surface area (Å²) in [6.07, 6.45) is 0.673. The maximum atomic E-state index is 13.0. The van der Waals surface area contributed by atoms with Crippen LogP contribution in [0.1, 0.15) is 50.7 Å². The van der Waals surface area contributed by atoms with Crippen molar-refractivity contribution >= 4 is 22.6 Å². The highest BCUT2D eigenvalue weighted by Crippen LogP contribution is 2.34. The topological polar surface area (TPSA) is 110 Å². The Kier molecular flexibility index (Phi) is 10.8. The third kappa shape index (κ3) is 8.92. The lowest BCUT2D eigenvalue weighted by Gasteiger charge is -2.39. The molecule has 0 N–H and O–H groups in total. The van der Waals surface area contributed by atoms with Crippen molar-refractivity contribution in [1.29, 1.82) is 0 Å². The quantitative estimate of drug-likeness (QED) is 0.0871. The molecule has 10 heteroatoms. The highest BCUT2D eigenvalue weighted by molar-refractivity contribution is 5.89. The number of piperidine rings is 1. The van der Waals surface area contributed by atoms with Crippen LogP contribution >= 0.6 is 0 Å². The summed E-state index contributed by atoms with van der Waals surface area (Å²) in [5, 5.41) is 13.3. The fourth-order valence-electron chi connectivity index (χ4n) is 5.72. The third-order valence-electron chi connectivity index (χ3n) is 7.96. The van der Waals surface area contributed by atoms with Crippen LogP contribution in [0, 0.1) is 10.1 Å². The number of carbonyl (C=O) groups excluding carboxylic acids is 1. The second-order valence-electron chi connectivity index (χ2n) is 12.5. The van der Waals surface area contributed by atoms with Crippen LogP contribution in [0.15, 0.2) is 84.9 Å². The van der Waals surface area contributed by atoms with Gasteiger partial charge in [-0.2, -0.15) is 0 Å². The summed E-state index contributed by atoms with van der Waals surface area (Å²) in [6, 6.07) is 26.5. The number of fused-ring (bicyclic) bond motifs is 1. The minimum atomic E-state index is -0.590. The second kappa shape index (κ2) is 15.2. The molecule has 10 nitrogen and oxygen atoms in total. The van der Waals surface area contributed by atoms with Crippen LogP contribution in [0.2, 0.25) is 0 Å². The van der Waals surface area contributed by atoms with E-state index in [0.717, 1.165) is 27.6 Å². The molecule has 4 aromatic carbocycles. The Hall–Kier alpha value is -4.83. The van der Waals surface area contributed by atoms with E-state index in [1.165, 1.54) is 6.07 Å². The average Bonchev–Trinajstić information content (AvgIpc) is 3.06. The summed E-state index contributed by atoms with van der Waals surface area (Å²) in [7, 11) is 1.67. The van der Waals surface area contributed by atoms with Gasteiger partial charge in [0, 0.05) is 30.3 Å². The number of rotatable bonds is 12. The minimum Gasteiger partial charge on any atom is -0.496 e. The highest BCUT2D eigenvalue weighted by Gasteiger charge is 2.35. The number of ether oxygens (including phenoxy) is 5. The van der Waals surface area contributed by atoms with Gasteiger partial charge < -0.3 is 28.6 Å². The average molecular weight is 643 g/mol. The summed E-state index contributed by atoms with van der Waals surface area (Å²) in [4.78, 5) is 25.5. The predicted octanol–water partition coefficient (Wildman–Crippen LogP) is 7.91. The first-order valence-corrected chi connectivity index (χ1v) is 15.9. The molecule has 4 aromatic rings. The zero-order chi connectivity index (χ0) is 33.4. The van der Waals surface area contributed by atoms with Gasteiger partial charge in [-0.3, -0.25) is 10.1 Å². The van der Waals surface area contributed by atoms with Crippen molar-refractivity contribution in [2.75, 3.05) is 33.4 Å². The van der Waals surface area contributed by atoms with Crippen molar-refractivity contribution in [1.82, 2.24) is 4.90 Å². The van der Waals surface area contributed by atoms with Gasteiger partial charge in [0.05, 0.1) is 44.5 Å². The molecule has 0 aliphatic carbocycles. The summed E-state index contributed by atoms with van der Waals surface area (Å²) < 4.78 is 29.5. The molecule has 1 heterocycles. The van der Waals surface area contributed by atoms with Crippen molar-refractivity contribution < 1.29 is 33.4 Å². The number of para-hydroxylation sites is 2. The van der Waals surface area contributed by atoms with Gasteiger partial charge in [0.1, 0.15) is 17.1 Å². The molecule has 47 heavy (non-hydrogen) atoms. The maximum absolute atomic E-state index is 13.0. The normalized spacial score (nSPS) is 16.5. The summed E-state index contributed by atoms with van der Waals surface area (Å²) in [5.41, 5.74) is 1.44. The van der Waals surface area contributed by atoms with Crippen molar-refractivity contribution in [2.24, 2.45) is 0 Å². The highest BCUT2D eigenvalue weighted by atomic mass is 16.6. The van der Waals surface area contributed by atoms with Gasteiger partial charge in [-0.15, -0.1) is 0 Å². The number of methoxy groups -OCH3 is 1. The first-order chi connectivity index (χ1) is 22.6. The Morgan fingerprint density at radius 1 is 0.936 bits per heavy atom. The molecule has 1 fully saturated rings. The summed E-state index contributed by atoms with van der Waals surface area (Å²) in [6.45, 7) is 7.61. The van der Waals surface area contributed by atoms with Gasteiger partial charge in [0.15, 0.2) is 5.75 Å². The van der Waals surface area contributed by atoms with Gasteiger partial charge in [-0.1, -0.05) is 48.5 Å². The molecular weight excluding hydrogens is 600 g/mol. The number of amides is 1. The number of hydrogen-bond acceptors (Lipinski definition) is 8. The first kappa shape index (κ1) is 33.5. The number of likely N-dealkylation sites (tertiary alicyclic amines) is 1. The van der Waals surface area contributed by atoms with Crippen LogP contribution in [0.5, 0.6) is 17.2 Å². The monoisotopic (exact) mass is 642 g/mol. The Balaban J connectivity index is 1.23. The van der Waals surface area contributed by atoms with E-state index >= 15 is 0 Å². The van der Waals surface area contributed by atoms with Crippen molar-refractivity contribution in [3.05, 3.63) is 106 Å². The molecule has 2 atom stereocenters. The molecule has 5 rings (SSSR count). The first-order valence-electron chi connectivity index (χ1n) is 15.9. The predicted molar refractivity (Wildman–Crippen MR) is 179 cm³/mol. The Morgan fingerprint density at radius 2 is 1.66 bits per heavy atom. The molecule has 0 aromatic heterocycles. The lowest BCUT2D eigenvalue weighted by atomic mass is 9.87. The number of benzene rings is 4. The number of nitrogens with zero attached hydrogens (tertiary/aromatic N) is 2. The van der Waals surface area contributed by atoms with Gasteiger partial charge in [0.2, 0.25) is 0 Å². The van der Waals surface area contributed by atoms with E-state index in [9.17, 15) is 14.9 Å². The molecule has 0 bridgehead atoms. The Morgan fingerprint density at radius 3 is 2.40 bits per heavy atom. The van der Waals surface area contributed by atoms with E-state index in [0.29, 0.717) is 51.5 Å². The SMILES string of the molecule is COc1cc(COC2CN(C(=O)OC(C)(C)C)CCC2c2ccc(OCCCOc3ccccc3[N+](=O)[O-])cc2)cc2ccccc12. The molecule has 0 spiro atoms. The summed E-state index contributed by atoms with van der Waals surface area (Å²) >= 11 is 0. The molecular formula is C37H42N2O8. The number of nitro groups is 1. The van der Waals surface area contributed by atoms with E-state index < -0.39 is 10.5 Å². The molecule has 0 radical (unpaired) electrons. The van der Waals surface area contributed by atoms with Crippen LogP contribution in [-0.2, 0) is 16.1 Å². The maximum Gasteiger partial charge on any atom is 0.410 e. The number of carbonyl (C=O) groups is 1. The smallest absolute Gasteiger partial charge is 0.410 e. The lowest BCUT2D eigenvalue weighted by molar-refractivity contribution is -0.385. The van der Waals surface area contributed by atoms with Crippen LogP contribution < -0.4 is 14.2 Å². The zero-order valence-electron chi connectivity index (χ0n) is 27.3. The van der Waals surface area contributed by atoms with Crippen molar-refractivity contribution in [2.45, 2.75) is 57.8 Å². The van der Waals surface area contributed by atoms with Crippen molar-refractivity contribution in [3.63, 3.8) is 0 Å². The van der Waals surface area contributed by atoms with E-state index in [4.69, 9.17) is 23.7 Å². The standard InChI is InChI=1S/C37H42N2O8/c1-37(2,3)47-36(40)38-19-18-31(35(24-38)46-25-26-22-28-10-5-6-11-30(28)34(23-26)43-4)27-14-16-29(17-15-27)44-20-9-21-45-33-13-8-7-12-32(33)39(41)42/h5-8,10-17,22-23,31,35H,9,18-21,24-25H2,1-4H3. The second-order valence-corrected chi connectivity index (χ2v) is 12.5.